The first kappa shape index (κ1) is 10.7. The van der Waals surface area contributed by atoms with Gasteiger partial charge in [0.2, 0.25) is 0 Å². The molecule has 0 aliphatic heterocycles. The third-order valence-corrected chi connectivity index (χ3v) is 2.23. The van der Waals surface area contributed by atoms with Crippen LogP contribution in [0.2, 0.25) is 0 Å². The van der Waals surface area contributed by atoms with Gasteiger partial charge in [-0.3, -0.25) is 9.59 Å². The van der Waals surface area contributed by atoms with E-state index in [0.717, 1.165) is 10.6 Å². The highest BCUT2D eigenvalue weighted by Gasteiger charge is 2.12. The highest BCUT2D eigenvalue weighted by Crippen LogP contribution is 2.09. The number of nitrogens with zero attached hydrogens (tertiary/aromatic N) is 1. The highest BCUT2D eigenvalue weighted by atomic mass is 32.1. The van der Waals surface area contributed by atoms with Gasteiger partial charge >= 0.3 is 5.97 Å². The fourth-order valence-corrected chi connectivity index (χ4v) is 1.57. The topological polar surface area (TPSA) is 46.6 Å². The molecule has 0 spiro atoms. The van der Waals surface area contributed by atoms with Crippen molar-refractivity contribution < 1.29 is 14.4 Å². The van der Waals surface area contributed by atoms with Gasteiger partial charge in [-0.25, -0.2) is 0 Å². The van der Waals surface area contributed by atoms with Crippen LogP contribution in [0.5, 0.6) is 0 Å². The lowest BCUT2D eigenvalue weighted by Crippen LogP contribution is -2.30. The Morgan fingerprint density at radius 2 is 2.21 bits per heavy atom. The summed E-state index contributed by atoms with van der Waals surface area (Å²) in [5.74, 6) is -0.776. The van der Waals surface area contributed by atoms with Gasteiger partial charge in [-0.05, 0) is 22.4 Å². The van der Waals surface area contributed by atoms with E-state index in [4.69, 9.17) is 4.84 Å². The third-order valence-electron chi connectivity index (χ3n) is 1.50. The van der Waals surface area contributed by atoms with Crippen molar-refractivity contribution in [2.75, 3.05) is 0 Å². The maximum atomic E-state index is 11.1. The van der Waals surface area contributed by atoms with Crippen LogP contribution in [0, 0.1) is 0 Å². The van der Waals surface area contributed by atoms with Gasteiger partial charge in [0.05, 0.1) is 6.54 Å². The Bertz CT molecular complexity index is 321. The van der Waals surface area contributed by atoms with Gasteiger partial charge in [-0.2, -0.15) is 16.4 Å². The number of amides is 1. The third kappa shape index (κ3) is 3.18. The van der Waals surface area contributed by atoms with Crippen molar-refractivity contribution >= 4 is 23.2 Å². The maximum absolute atomic E-state index is 11.1. The molecule has 76 valence electrons. The van der Waals surface area contributed by atoms with Crippen molar-refractivity contribution in [3.05, 3.63) is 22.4 Å². The Balaban J connectivity index is 2.60. The number of hydroxylamine groups is 2. The average molecular weight is 213 g/mol. The van der Waals surface area contributed by atoms with Gasteiger partial charge in [-0.15, -0.1) is 0 Å². The van der Waals surface area contributed by atoms with Crippen molar-refractivity contribution in [2.24, 2.45) is 0 Å². The molecule has 0 aliphatic rings. The summed E-state index contributed by atoms with van der Waals surface area (Å²) < 4.78 is 0. The number of carbonyl (C=O) groups is 2. The van der Waals surface area contributed by atoms with Gasteiger partial charge < -0.3 is 4.84 Å². The molecule has 4 nitrogen and oxygen atoms in total. The Labute approximate surface area is 86.0 Å². The standard InChI is InChI=1S/C9H11NO3S/c1-7(11)10(13-8(2)12)5-9-3-4-14-6-9/h3-4,6H,5H2,1-2H3. The number of hydrogen-bond acceptors (Lipinski definition) is 4. The van der Waals surface area contributed by atoms with E-state index >= 15 is 0 Å². The number of rotatable bonds is 2. The second-order valence-electron chi connectivity index (χ2n) is 2.77. The van der Waals surface area contributed by atoms with Crippen LogP contribution in [0.3, 0.4) is 0 Å². The molecular weight excluding hydrogens is 202 g/mol. The summed E-state index contributed by atoms with van der Waals surface area (Å²) in [6.45, 7) is 2.93. The molecular formula is C9H11NO3S. The van der Waals surface area contributed by atoms with Gasteiger partial charge in [0.1, 0.15) is 0 Å². The first-order valence-corrected chi connectivity index (χ1v) is 5.01. The highest BCUT2D eigenvalue weighted by molar-refractivity contribution is 7.07. The summed E-state index contributed by atoms with van der Waals surface area (Å²) in [4.78, 5) is 26.5. The van der Waals surface area contributed by atoms with Crippen molar-refractivity contribution in [1.82, 2.24) is 5.06 Å². The zero-order valence-electron chi connectivity index (χ0n) is 8.02. The molecule has 14 heavy (non-hydrogen) atoms. The molecule has 1 aromatic rings. The summed E-state index contributed by atoms with van der Waals surface area (Å²) >= 11 is 1.53. The summed E-state index contributed by atoms with van der Waals surface area (Å²) in [6, 6.07) is 1.88. The first-order chi connectivity index (χ1) is 6.59. The van der Waals surface area contributed by atoms with Crippen LogP contribution < -0.4 is 0 Å². The van der Waals surface area contributed by atoms with Crippen LogP contribution in [0.25, 0.3) is 0 Å². The largest absolute Gasteiger partial charge is 0.338 e. The van der Waals surface area contributed by atoms with Gasteiger partial charge in [0, 0.05) is 13.8 Å². The van der Waals surface area contributed by atoms with E-state index < -0.39 is 5.97 Å². The molecule has 1 aromatic heterocycles. The molecule has 0 saturated carbocycles. The summed E-state index contributed by atoms with van der Waals surface area (Å²) in [7, 11) is 0. The smallest absolute Gasteiger partial charge is 0.329 e. The number of carbonyl (C=O) groups excluding carboxylic acids is 2. The zero-order valence-corrected chi connectivity index (χ0v) is 8.84. The quantitative estimate of drug-likeness (QED) is 0.701. The summed E-state index contributed by atoms with van der Waals surface area (Å²) in [5, 5.41) is 4.85. The molecule has 1 amide bonds. The molecule has 1 rings (SSSR count). The molecule has 5 heteroatoms. The SMILES string of the molecule is CC(=O)ON(Cc1ccsc1)C(C)=O. The molecule has 0 aliphatic carbocycles. The normalized spacial score (nSPS) is 9.57. The minimum atomic E-state index is -0.490. The van der Waals surface area contributed by atoms with Crippen LogP contribution in [0.4, 0.5) is 0 Å². The zero-order chi connectivity index (χ0) is 10.6. The average Bonchev–Trinajstić information content (AvgIpc) is 2.54. The molecule has 0 fully saturated rings. The van der Waals surface area contributed by atoms with E-state index in [1.165, 1.54) is 25.2 Å². The number of hydrogen-bond donors (Lipinski definition) is 0. The van der Waals surface area contributed by atoms with Gasteiger partial charge in [0.15, 0.2) is 0 Å². The molecule has 0 bridgehead atoms. The minimum absolute atomic E-state index is 0.286. The lowest BCUT2D eigenvalue weighted by Gasteiger charge is -2.17. The van der Waals surface area contributed by atoms with Crippen molar-refractivity contribution in [2.45, 2.75) is 20.4 Å². The molecule has 0 N–H and O–H groups in total. The Hall–Kier alpha value is -1.36. The summed E-state index contributed by atoms with van der Waals surface area (Å²) in [5.41, 5.74) is 0.950. The van der Waals surface area contributed by atoms with Crippen LogP contribution >= 0.6 is 11.3 Å². The Morgan fingerprint density at radius 1 is 1.50 bits per heavy atom. The first-order valence-electron chi connectivity index (χ1n) is 4.07. The lowest BCUT2D eigenvalue weighted by molar-refractivity contribution is -0.197. The van der Waals surface area contributed by atoms with E-state index in [1.54, 1.807) is 0 Å². The molecule has 0 unspecified atom stereocenters. The minimum Gasteiger partial charge on any atom is -0.338 e. The van der Waals surface area contributed by atoms with Crippen molar-refractivity contribution in [3.8, 4) is 0 Å². The van der Waals surface area contributed by atoms with E-state index in [1.807, 2.05) is 16.8 Å². The van der Waals surface area contributed by atoms with E-state index in [-0.39, 0.29) is 5.91 Å². The Kier molecular flexibility index (Phi) is 3.64. The maximum Gasteiger partial charge on any atom is 0.329 e. The molecule has 0 atom stereocenters. The molecule has 1 heterocycles. The molecule has 0 saturated heterocycles. The van der Waals surface area contributed by atoms with E-state index in [2.05, 4.69) is 0 Å². The van der Waals surface area contributed by atoms with E-state index in [0.29, 0.717) is 6.54 Å². The Morgan fingerprint density at radius 3 is 2.64 bits per heavy atom. The van der Waals surface area contributed by atoms with Crippen molar-refractivity contribution in [3.63, 3.8) is 0 Å². The lowest BCUT2D eigenvalue weighted by atomic mass is 10.3. The second kappa shape index (κ2) is 4.76. The van der Waals surface area contributed by atoms with Gasteiger partial charge in [0.25, 0.3) is 5.91 Å². The fourth-order valence-electron chi connectivity index (χ4n) is 0.912. The summed E-state index contributed by atoms with van der Waals surface area (Å²) in [6.07, 6.45) is 0. The molecule has 0 aromatic carbocycles. The van der Waals surface area contributed by atoms with Gasteiger partial charge in [-0.1, -0.05) is 0 Å². The van der Waals surface area contributed by atoms with Crippen LogP contribution in [0.1, 0.15) is 19.4 Å². The second-order valence-corrected chi connectivity index (χ2v) is 3.55. The number of thiophene rings is 1. The molecule has 0 radical (unpaired) electrons. The monoisotopic (exact) mass is 213 g/mol. The van der Waals surface area contributed by atoms with Crippen LogP contribution in [-0.2, 0) is 21.0 Å². The van der Waals surface area contributed by atoms with Crippen molar-refractivity contribution in [1.29, 1.82) is 0 Å². The fraction of sp³-hybridized carbons (Fsp3) is 0.333. The van der Waals surface area contributed by atoms with Crippen LogP contribution in [0.15, 0.2) is 16.8 Å². The predicted octanol–water partition coefficient (Wildman–Crippen LogP) is 1.57. The predicted molar refractivity (Wildman–Crippen MR) is 52.3 cm³/mol. The van der Waals surface area contributed by atoms with Crippen LogP contribution in [-0.4, -0.2) is 16.9 Å². The van der Waals surface area contributed by atoms with E-state index in [9.17, 15) is 9.59 Å².